The van der Waals surface area contributed by atoms with Crippen molar-refractivity contribution < 1.29 is 32.3 Å². The zero-order valence-electron chi connectivity index (χ0n) is 18.1. The third-order valence-electron chi connectivity index (χ3n) is 4.36. The molecule has 0 aromatic heterocycles. The number of nitrogens with one attached hydrogen (secondary N) is 2. The Morgan fingerprint density at radius 3 is 2.22 bits per heavy atom. The van der Waals surface area contributed by atoms with E-state index in [1.807, 2.05) is 0 Å². The number of esters is 1. The lowest BCUT2D eigenvalue weighted by Gasteiger charge is -2.15. The molecule has 0 heterocycles. The fourth-order valence-corrected chi connectivity index (χ4v) is 3.73. The maximum Gasteiger partial charge on any atom is 0.338 e. The predicted octanol–water partition coefficient (Wildman–Crippen LogP) is 2.64. The van der Waals surface area contributed by atoms with Gasteiger partial charge >= 0.3 is 5.97 Å². The molecule has 2 aromatic carbocycles. The molecular formula is C22H26N2O7S. The lowest BCUT2D eigenvalue weighted by molar-refractivity contribution is -0.115. The second kappa shape index (κ2) is 11.3. The minimum absolute atomic E-state index is 0.234. The van der Waals surface area contributed by atoms with Crippen molar-refractivity contribution in [2.24, 2.45) is 0 Å². The van der Waals surface area contributed by atoms with E-state index in [0.29, 0.717) is 29.3 Å². The summed E-state index contributed by atoms with van der Waals surface area (Å²) < 4.78 is 35.4. The highest BCUT2D eigenvalue weighted by Crippen LogP contribution is 2.23. The number of ether oxygens (including phenoxy) is 2. The van der Waals surface area contributed by atoms with E-state index in [9.17, 15) is 22.8 Å². The molecule has 0 aliphatic heterocycles. The normalized spacial score (nSPS) is 11.8. The standard InChI is InChI=1S/C22H26N2O7S/c1-4-30-19-9-7-6-8-18(19)24-20(25)14-32(28,29)15(3)21(26)23-17-12-10-16(11-13-17)22(27)31-5-2/h6-13,15H,4-5,14H2,1-3H3,(H,23,26)(H,24,25). The Bertz CT molecular complexity index is 1070. The molecule has 2 rings (SSSR count). The van der Waals surface area contributed by atoms with Crippen molar-refractivity contribution in [1.82, 2.24) is 0 Å². The summed E-state index contributed by atoms with van der Waals surface area (Å²) in [5, 5.41) is 3.50. The molecular weight excluding hydrogens is 436 g/mol. The monoisotopic (exact) mass is 462 g/mol. The predicted molar refractivity (Wildman–Crippen MR) is 121 cm³/mol. The van der Waals surface area contributed by atoms with Crippen LogP contribution in [0.25, 0.3) is 0 Å². The molecule has 10 heteroatoms. The van der Waals surface area contributed by atoms with Crippen LogP contribution in [0.3, 0.4) is 0 Å². The molecule has 32 heavy (non-hydrogen) atoms. The quantitative estimate of drug-likeness (QED) is 0.520. The van der Waals surface area contributed by atoms with Crippen LogP contribution in [0.4, 0.5) is 11.4 Å². The highest BCUT2D eigenvalue weighted by atomic mass is 32.2. The Morgan fingerprint density at radius 1 is 0.938 bits per heavy atom. The molecule has 0 fully saturated rings. The molecule has 0 aliphatic rings. The summed E-state index contributed by atoms with van der Waals surface area (Å²) in [6.07, 6.45) is 0. The Balaban J connectivity index is 2.00. The van der Waals surface area contributed by atoms with Crippen LogP contribution in [0.5, 0.6) is 5.75 Å². The van der Waals surface area contributed by atoms with Gasteiger partial charge in [-0.05, 0) is 57.2 Å². The van der Waals surface area contributed by atoms with Crippen LogP contribution < -0.4 is 15.4 Å². The van der Waals surface area contributed by atoms with E-state index in [0.717, 1.165) is 0 Å². The average Bonchev–Trinajstić information content (AvgIpc) is 2.75. The van der Waals surface area contributed by atoms with E-state index in [1.54, 1.807) is 38.1 Å². The van der Waals surface area contributed by atoms with Gasteiger partial charge in [0.25, 0.3) is 0 Å². The van der Waals surface area contributed by atoms with E-state index in [2.05, 4.69) is 10.6 Å². The fraction of sp³-hybridized carbons (Fsp3) is 0.318. The van der Waals surface area contributed by atoms with Crippen LogP contribution >= 0.6 is 0 Å². The molecule has 0 aliphatic carbocycles. The van der Waals surface area contributed by atoms with Gasteiger partial charge in [-0.25, -0.2) is 13.2 Å². The van der Waals surface area contributed by atoms with Crippen LogP contribution in [0, 0.1) is 0 Å². The van der Waals surface area contributed by atoms with Crippen LogP contribution in [-0.2, 0) is 24.2 Å². The van der Waals surface area contributed by atoms with Crippen molar-refractivity contribution in [2.45, 2.75) is 26.0 Å². The summed E-state index contributed by atoms with van der Waals surface area (Å²) >= 11 is 0. The molecule has 1 unspecified atom stereocenters. The minimum Gasteiger partial charge on any atom is -0.492 e. The van der Waals surface area contributed by atoms with Crippen molar-refractivity contribution in [3.63, 3.8) is 0 Å². The largest absolute Gasteiger partial charge is 0.492 e. The van der Waals surface area contributed by atoms with Crippen molar-refractivity contribution in [2.75, 3.05) is 29.6 Å². The van der Waals surface area contributed by atoms with Crippen LogP contribution in [0.15, 0.2) is 48.5 Å². The van der Waals surface area contributed by atoms with Crippen LogP contribution in [0.2, 0.25) is 0 Å². The first-order valence-electron chi connectivity index (χ1n) is 9.99. The minimum atomic E-state index is -4.09. The van der Waals surface area contributed by atoms with E-state index in [1.165, 1.54) is 31.2 Å². The molecule has 2 amide bonds. The third-order valence-corrected chi connectivity index (χ3v) is 6.32. The molecule has 0 spiro atoms. The second-order valence-electron chi connectivity index (χ2n) is 6.71. The SMILES string of the molecule is CCOC(=O)c1ccc(NC(=O)C(C)S(=O)(=O)CC(=O)Nc2ccccc2OCC)cc1. The van der Waals surface area contributed by atoms with Crippen molar-refractivity contribution in [1.29, 1.82) is 0 Å². The lowest BCUT2D eigenvalue weighted by Crippen LogP contribution is -2.37. The Labute approximate surface area is 187 Å². The van der Waals surface area contributed by atoms with Gasteiger partial charge in [-0.2, -0.15) is 0 Å². The average molecular weight is 463 g/mol. The van der Waals surface area contributed by atoms with Gasteiger partial charge in [0.05, 0.1) is 24.5 Å². The highest BCUT2D eigenvalue weighted by Gasteiger charge is 2.30. The Kier molecular flexibility index (Phi) is 8.77. The number of hydrogen-bond acceptors (Lipinski definition) is 7. The van der Waals surface area contributed by atoms with Gasteiger partial charge in [-0.1, -0.05) is 12.1 Å². The molecule has 2 aromatic rings. The molecule has 0 radical (unpaired) electrons. The summed E-state index contributed by atoms with van der Waals surface area (Å²) in [7, 11) is -4.09. The number of rotatable bonds is 10. The molecule has 0 saturated carbocycles. The van der Waals surface area contributed by atoms with Crippen LogP contribution in [0.1, 0.15) is 31.1 Å². The van der Waals surface area contributed by atoms with Crippen molar-refractivity contribution in [3.8, 4) is 5.75 Å². The molecule has 172 valence electrons. The fourth-order valence-electron chi connectivity index (χ4n) is 2.66. The summed E-state index contributed by atoms with van der Waals surface area (Å²) in [6.45, 7) is 5.29. The van der Waals surface area contributed by atoms with Gasteiger partial charge in [0.15, 0.2) is 9.84 Å². The highest BCUT2D eigenvalue weighted by molar-refractivity contribution is 7.93. The van der Waals surface area contributed by atoms with Gasteiger partial charge in [-0.15, -0.1) is 0 Å². The van der Waals surface area contributed by atoms with E-state index in [-0.39, 0.29) is 6.61 Å². The first-order valence-corrected chi connectivity index (χ1v) is 11.7. The van der Waals surface area contributed by atoms with Gasteiger partial charge < -0.3 is 20.1 Å². The number of sulfone groups is 1. The number of carbonyl (C=O) groups excluding carboxylic acids is 3. The number of benzene rings is 2. The molecule has 2 N–H and O–H groups in total. The Hall–Kier alpha value is -3.40. The van der Waals surface area contributed by atoms with E-state index in [4.69, 9.17) is 9.47 Å². The number of anilines is 2. The van der Waals surface area contributed by atoms with Gasteiger partial charge in [0.1, 0.15) is 16.8 Å². The smallest absolute Gasteiger partial charge is 0.338 e. The second-order valence-corrected chi connectivity index (χ2v) is 9.04. The Morgan fingerprint density at radius 2 is 1.59 bits per heavy atom. The summed E-state index contributed by atoms with van der Waals surface area (Å²) in [4.78, 5) is 36.4. The number of carbonyl (C=O) groups is 3. The summed E-state index contributed by atoms with van der Waals surface area (Å²) in [5.41, 5.74) is 0.947. The number of para-hydroxylation sites is 2. The molecule has 9 nitrogen and oxygen atoms in total. The van der Waals surface area contributed by atoms with Gasteiger partial charge in [-0.3, -0.25) is 9.59 Å². The third kappa shape index (κ3) is 6.81. The maximum absolute atomic E-state index is 12.6. The zero-order chi connectivity index (χ0) is 23.7. The molecule has 1 atom stereocenters. The van der Waals surface area contributed by atoms with Crippen molar-refractivity contribution in [3.05, 3.63) is 54.1 Å². The number of amides is 2. The van der Waals surface area contributed by atoms with E-state index >= 15 is 0 Å². The molecule has 0 saturated heterocycles. The topological polar surface area (TPSA) is 128 Å². The first-order chi connectivity index (χ1) is 15.2. The first kappa shape index (κ1) is 24.9. The zero-order valence-corrected chi connectivity index (χ0v) is 18.9. The van der Waals surface area contributed by atoms with Gasteiger partial charge in [0, 0.05) is 5.69 Å². The summed E-state index contributed by atoms with van der Waals surface area (Å²) in [5.74, 6) is -2.54. The van der Waals surface area contributed by atoms with Crippen LogP contribution in [-0.4, -0.2) is 50.4 Å². The maximum atomic E-state index is 12.6. The summed E-state index contributed by atoms with van der Waals surface area (Å²) in [6, 6.07) is 12.5. The lowest BCUT2D eigenvalue weighted by atomic mass is 10.2. The number of hydrogen-bond donors (Lipinski definition) is 2. The van der Waals surface area contributed by atoms with Crippen molar-refractivity contribution >= 4 is 39.0 Å². The molecule has 0 bridgehead atoms. The van der Waals surface area contributed by atoms with Gasteiger partial charge in [0.2, 0.25) is 11.8 Å². The van der Waals surface area contributed by atoms with E-state index < -0.39 is 38.6 Å².